The molecule has 2 N–H and O–H groups in total. The Morgan fingerprint density at radius 1 is 1.33 bits per heavy atom. The van der Waals surface area contributed by atoms with Crippen molar-refractivity contribution in [1.29, 1.82) is 0 Å². The van der Waals surface area contributed by atoms with E-state index in [2.05, 4.69) is 16.5 Å². The second kappa shape index (κ2) is 5.08. The molecule has 0 spiro atoms. The van der Waals surface area contributed by atoms with Crippen LogP contribution in [0.4, 0.5) is 0 Å². The standard InChI is InChI=1S/C14H18N2O2/c17-9-6-10-2-1-3-12-13(10)16-18-14(12)11-4-7-15-8-5-11/h1-3,11,15,17H,4-9H2. The van der Waals surface area contributed by atoms with E-state index in [-0.39, 0.29) is 6.61 Å². The molecule has 0 amide bonds. The van der Waals surface area contributed by atoms with Gasteiger partial charge in [0.15, 0.2) is 0 Å². The van der Waals surface area contributed by atoms with Crippen LogP contribution in [0.5, 0.6) is 0 Å². The molecule has 3 rings (SSSR count). The van der Waals surface area contributed by atoms with Crippen molar-refractivity contribution in [2.45, 2.75) is 25.2 Å². The van der Waals surface area contributed by atoms with Crippen molar-refractivity contribution in [2.75, 3.05) is 19.7 Å². The summed E-state index contributed by atoms with van der Waals surface area (Å²) >= 11 is 0. The van der Waals surface area contributed by atoms with E-state index in [0.29, 0.717) is 12.3 Å². The number of nitrogens with one attached hydrogen (secondary N) is 1. The minimum absolute atomic E-state index is 0.147. The highest BCUT2D eigenvalue weighted by atomic mass is 16.5. The molecule has 0 bridgehead atoms. The Kier molecular flexibility index (Phi) is 3.30. The number of rotatable bonds is 3. The number of aliphatic hydroxyl groups is 1. The lowest BCUT2D eigenvalue weighted by molar-refractivity contribution is 0.299. The second-order valence-electron chi connectivity index (χ2n) is 4.86. The topological polar surface area (TPSA) is 58.3 Å². The highest BCUT2D eigenvalue weighted by molar-refractivity contribution is 5.84. The molecule has 4 nitrogen and oxygen atoms in total. The molecular formula is C14H18N2O2. The van der Waals surface area contributed by atoms with Crippen LogP contribution in [0.15, 0.2) is 22.7 Å². The van der Waals surface area contributed by atoms with Gasteiger partial charge in [0.05, 0.1) is 0 Å². The smallest absolute Gasteiger partial charge is 0.147 e. The number of hydrogen-bond donors (Lipinski definition) is 2. The van der Waals surface area contributed by atoms with Gasteiger partial charge in [-0.25, -0.2) is 0 Å². The zero-order valence-corrected chi connectivity index (χ0v) is 10.4. The van der Waals surface area contributed by atoms with Crippen molar-refractivity contribution in [2.24, 2.45) is 0 Å². The fourth-order valence-electron chi connectivity index (χ4n) is 2.74. The molecule has 0 unspecified atom stereocenters. The molecule has 1 aromatic heterocycles. The third-order valence-corrected chi connectivity index (χ3v) is 3.71. The van der Waals surface area contributed by atoms with E-state index in [9.17, 15) is 0 Å². The van der Waals surface area contributed by atoms with E-state index in [0.717, 1.165) is 48.2 Å². The van der Waals surface area contributed by atoms with Crippen LogP contribution in [0.25, 0.3) is 10.9 Å². The number of fused-ring (bicyclic) bond motifs is 1. The Morgan fingerprint density at radius 2 is 2.17 bits per heavy atom. The molecule has 1 aliphatic rings. The van der Waals surface area contributed by atoms with E-state index in [4.69, 9.17) is 9.63 Å². The van der Waals surface area contributed by atoms with Crippen LogP contribution in [0, 0.1) is 0 Å². The summed E-state index contributed by atoms with van der Waals surface area (Å²) in [5, 5.41) is 17.8. The lowest BCUT2D eigenvalue weighted by Gasteiger charge is -2.20. The van der Waals surface area contributed by atoms with Crippen LogP contribution >= 0.6 is 0 Å². The summed E-state index contributed by atoms with van der Waals surface area (Å²) in [5.41, 5.74) is 1.99. The summed E-state index contributed by atoms with van der Waals surface area (Å²) in [4.78, 5) is 0. The van der Waals surface area contributed by atoms with E-state index in [1.165, 1.54) is 0 Å². The molecular weight excluding hydrogens is 228 g/mol. The molecule has 96 valence electrons. The number of benzene rings is 1. The second-order valence-corrected chi connectivity index (χ2v) is 4.86. The van der Waals surface area contributed by atoms with Crippen LogP contribution in [0.3, 0.4) is 0 Å². The molecule has 0 aliphatic carbocycles. The molecule has 1 fully saturated rings. The molecule has 2 aromatic rings. The van der Waals surface area contributed by atoms with Gasteiger partial charge in [0.1, 0.15) is 11.3 Å². The summed E-state index contributed by atoms with van der Waals surface area (Å²) in [6, 6.07) is 6.10. The largest absolute Gasteiger partial charge is 0.396 e. The minimum Gasteiger partial charge on any atom is -0.396 e. The number of aliphatic hydroxyl groups excluding tert-OH is 1. The lowest BCUT2D eigenvalue weighted by atomic mass is 9.93. The monoisotopic (exact) mass is 246 g/mol. The van der Waals surface area contributed by atoms with Gasteiger partial charge in [-0.2, -0.15) is 0 Å². The average Bonchev–Trinajstić information content (AvgIpc) is 2.85. The maximum Gasteiger partial charge on any atom is 0.147 e. The lowest BCUT2D eigenvalue weighted by Crippen LogP contribution is -2.26. The number of nitrogens with zero attached hydrogens (tertiary/aromatic N) is 1. The molecule has 0 saturated carbocycles. The third kappa shape index (κ3) is 2.02. The van der Waals surface area contributed by atoms with E-state index in [1.807, 2.05) is 12.1 Å². The van der Waals surface area contributed by atoms with Crippen LogP contribution in [0.2, 0.25) is 0 Å². The Hall–Kier alpha value is -1.39. The van der Waals surface area contributed by atoms with Crippen LogP contribution in [0.1, 0.15) is 30.1 Å². The van der Waals surface area contributed by atoms with Gasteiger partial charge in [0.25, 0.3) is 0 Å². The number of aromatic nitrogens is 1. The highest BCUT2D eigenvalue weighted by Crippen LogP contribution is 2.32. The molecule has 1 aromatic carbocycles. The summed E-state index contributed by atoms with van der Waals surface area (Å²) in [7, 11) is 0. The molecule has 1 aliphatic heterocycles. The Bertz CT molecular complexity index is 530. The Balaban J connectivity index is 2.00. The van der Waals surface area contributed by atoms with Gasteiger partial charge in [-0.05, 0) is 44.0 Å². The van der Waals surface area contributed by atoms with Crippen LogP contribution in [-0.4, -0.2) is 30.0 Å². The van der Waals surface area contributed by atoms with Gasteiger partial charge in [-0.3, -0.25) is 0 Å². The SMILES string of the molecule is OCCc1cccc2c(C3CCNCC3)onc12. The first-order valence-electron chi connectivity index (χ1n) is 6.59. The van der Waals surface area contributed by atoms with E-state index in [1.54, 1.807) is 0 Å². The minimum atomic E-state index is 0.147. The van der Waals surface area contributed by atoms with Crippen molar-refractivity contribution in [3.63, 3.8) is 0 Å². The summed E-state index contributed by atoms with van der Waals surface area (Å²) in [6.07, 6.45) is 2.85. The predicted octanol–water partition coefficient (Wildman–Crippen LogP) is 1.83. The number of hydrogen-bond acceptors (Lipinski definition) is 4. The molecule has 0 radical (unpaired) electrons. The number of piperidine rings is 1. The van der Waals surface area contributed by atoms with Gasteiger partial charge in [-0.1, -0.05) is 17.3 Å². The van der Waals surface area contributed by atoms with Crippen molar-refractivity contribution in [1.82, 2.24) is 10.5 Å². The average molecular weight is 246 g/mol. The van der Waals surface area contributed by atoms with Gasteiger partial charge < -0.3 is 14.9 Å². The predicted molar refractivity (Wildman–Crippen MR) is 69.6 cm³/mol. The highest BCUT2D eigenvalue weighted by Gasteiger charge is 2.22. The molecule has 2 heterocycles. The molecule has 18 heavy (non-hydrogen) atoms. The molecule has 4 heteroatoms. The summed E-state index contributed by atoms with van der Waals surface area (Å²) < 4.78 is 5.58. The third-order valence-electron chi connectivity index (χ3n) is 3.71. The van der Waals surface area contributed by atoms with E-state index >= 15 is 0 Å². The first-order valence-corrected chi connectivity index (χ1v) is 6.59. The van der Waals surface area contributed by atoms with Crippen LogP contribution in [-0.2, 0) is 6.42 Å². The molecule has 1 saturated heterocycles. The zero-order valence-electron chi connectivity index (χ0n) is 10.4. The van der Waals surface area contributed by atoms with Crippen molar-refractivity contribution < 1.29 is 9.63 Å². The van der Waals surface area contributed by atoms with E-state index < -0.39 is 0 Å². The summed E-state index contributed by atoms with van der Waals surface area (Å²) in [5.74, 6) is 1.49. The van der Waals surface area contributed by atoms with Crippen molar-refractivity contribution in [3.05, 3.63) is 29.5 Å². The van der Waals surface area contributed by atoms with Gasteiger partial charge in [-0.15, -0.1) is 0 Å². The summed E-state index contributed by atoms with van der Waals surface area (Å²) in [6.45, 7) is 2.24. The maximum absolute atomic E-state index is 9.07. The maximum atomic E-state index is 9.07. The Labute approximate surface area is 106 Å². The van der Waals surface area contributed by atoms with Gasteiger partial charge in [0.2, 0.25) is 0 Å². The van der Waals surface area contributed by atoms with Gasteiger partial charge in [0, 0.05) is 17.9 Å². The zero-order chi connectivity index (χ0) is 12.4. The Morgan fingerprint density at radius 3 is 2.94 bits per heavy atom. The van der Waals surface area contributed by atoms with Crippen molar-refractivity contribution in [3.8, 4) is 0 Å². The normalized spacial score (nSPS) is 17.4. The fraction of sp³-hybridized carbons (Fsp3) is 0.500. The van der Waals surface area contributed by atoms with Gasteiger partial charge >= 0.3 is 0 Å². The van der Waals surface area contributed by atoms with Crippen LogP contribution < -0.4 is 5.32 Å². The first kappa shape index (κ1) is 11.7. The first-order chi connectivity index (χ1) is 8.90. The molecule has 0 atom stereocenters. The fourth-order valence-corrected chi connectivity index (χ4v) is 2.74. The van der Waals surface area contributed by atoms with Crippen molar-refractivity contribution >= 4 is 10.9 Å². The quantitative estimate of drug-likeness (QED) is 0.867.